The fourth-order valence-corrected chi connectivity index (χ4v) is 3.95. The first-order chi connectivity index (χ1) is 10.9. The molecule has 0 aromatic heterocycles. The topological polar surface area (TPSA) is 66.4 Å². The number of nitrogens with one attached hydrogen (secondary N) is 1. The molecule has 1 aromatic rings. The van der Waals surface area contributed by atoms with Crippen molar-refractivity contribution in [1.29, 1.82) is 0 Å². The molecule has 1 aliphatic rings. The van der Waals surface area contributed by atoms with Gasteiger partial charge in [-0.2, -0.15) is 0 Å². The van der Waals surface area contributed by atoms with Crippen LogP contribution in [0.1, 0.15) is 23.2 Å². The van der Waals surface area contributed by atoms with E-state index in [1.54, 1.807) is 11.5 Å². The molecule has 3 unspecified atom stereocenters. The zero-order valence-corrected chi connectivity index (χ0v) is 13.4. The van der Waals surface area contributed by atoms with Crippen LogP contribution in [0.15, 0.2) is 29.7 Å². The summed E-state index contributed by atoms with van der Waals surface area (Å²) in [5, 5.41) is 12.3. The third-order valence-corrected chi connectivity index (χ3v) is 5.26. The highest BCUT2D eigenvalue weighted by atomic mass is 35.5. The number of amides is 1. The van der Waals surface area contributed by atoms with Gasteiger partial charge in [0, 0.05) is 17.7 Å². The van der Waals surface area contributed by atoms with Crippen LogP contribution in [0.3, 0.4) is 0 Å². The summed E-state index contributed by atoms with van der Waals surface area (Å²) in [5.41, 5.74) is -0.596. The molecule has 2 rings (SSSR count). The molecule has 0 radical (unpaired) electrons. The number of allylic oxidation sites excluding steroid dienone is 1. The van der Waals surface area contributed by atoms with Crippen molar-refractivity contribution in [1.82, 2.24) is 5.32 Å². The van der Waals surface area contributed by atoms with E-state index in [4.69, 9.17) is 16.7 Å². The van der Waals surface area contributed by atoms with Gasteiger partial charge in [0.1, 0.15) is 11.6 Å². The molecule has 2 N–H and O–H groups in total. The van der Waals surface area contributed by atoms with Crippen LogP contribution < -0.4 is 5.32 Å². The van der Waals surface area contributed by atoms with Crippen molar-refractivity contribution in [2.24, 2.45) is 0 Å². The summed E-state index contributed by atoms with van der Waals surface area (Å²) in [6.07, 6.45) is 0.396. The lowest BCUT2D eigenvalue weighted by Gasteiger charge is -2.25. The zero-order valence-electron chi connectivity index (χ0n) is 11.8. The number of Topliss-reactive ketones (excluding diaryl/α,β-unsaturated/α-hetero) is 1. The Hall–Kier alpha value is -1.60. The van der Waals surface area contributed by atoms with Crippen LogP contribution in [0.2, 0.25) is 0 Å². The van der Waals surface area contributed by atoms with E-state index in [2.05, 4.69) is 5.32 Å². The maximum Gasteiger partial charge on any atom is 0.404 e. The van der Waals surface area contributed by atoms with Gasteiger partial charge >= 0.3 is 6.09 Å². The Kier molecular flexibility index (Phi) is 6.01. The minimum atomic E-state index is -1.24. The average molecular weight is 362 g/mol. The Balaban J connectivity index is 2.06. The Bertz CT molecular complexity index is 621. The molecule has 23 heavy (non-hydrogen) atoms. The molecule has 0 aliphatic carbocycles. The SMILES string of the molecule is O=C(O)NC(CCC(=O)c1c(F)cccc1F)C1SC=CC1Cl. The van der Waals surface area contributed by atoms with E-state index in [0.29, 0.717) is 0 Å². The Morgan fingerprint density at radius 1 is 1.35 bits per heavy atom. The molecule has 124 valence electrons. The Morgan fingerprint density at radius 2 is 2.00 bits per heavy atom. The average Bonchev–Trinajstić information content (AvgIpc) is 2.89. The fraction of sp³-hybridized carbons (Fsp3) is 0.333. The number of benzene rings is 1. The fourth-order valence-electron chi connectivity index (χ4n) is 2.37. The predicted molar refractivity (Wildman–Crippen MR) is 85.0 cm³/mol. The van der Waals surface area contributed by atoms with Gasteiger partial charge in [0.2, 0.25) is 0 Å². The van der Waals surface area contributed by atoms with Crippen molar-refractivity contribution >= 4 is 35.2 Å². The number of alkyl halides is 1. The molecule has 0 spiro atoms. The van der Waals surface area contributed by atoms with Crippen molar-refractivity contribution in [2.75, 3.05) is 0 Å². The van der Waals surface area contributed by atoms with Crippen LogP contribution in [-0.2, 0) is 0 Å². The minimum absolute atomic E-state index is 0.0987. The maximum atomic E-state index is 13.6. The van der Waals surface area contributed by atoms with E-state index in [-0.39, 0.29) is 23.5 Å². The summed E-state index contributed by atoms with van der Waals surface area (Å²) in [6.45, 7) is 0. The quantitative estimate of drug-likeness (QED) is 0.597. The molecule has 0 bridgehead atoms. The number of thioether (sulfide) groups is 1. The summed E-state index contributed by atoms with van der Waals surface area (Å²) in [6, 6.07) is 2.59. The summed E-state index contributed by atoms with van der Waals surface area (Å²) in [4.78, 5) is 23.0. The molecule has 8 heteroatoms. The van der Waals surface area contributed by atoms with Crippen LogP contribution in [0.25, 0.3) is 0 Å². The molecule has 3 atom stereocenters. The van der Waals surface area contributed by atoms with Gasteiger partial charge in [-0.1, -0.05) is 12.1 Å². The lowest BCUT2D eigenvalue weighted by molar-refractivity contribution is 0.0966. The van der Waals surface area contributed by atoms with Gasteiger partial charge in [-0.05, 0) is 24.0 Å². The molecule has 0 saturated carbocycles. The Morgan fingerprint density at radius 3 is 2.52 bits per heavy atom. The summed E-state index contributed by atoms with van der Waals surface area (Å²) < 4.78 is 27.2. The molecular weight excluding hydrogens is 348 g/mol. The first-order valence-electron chi connectivity index (χ1n) is 6.83. The van der Waals surface area contributed by atoms with Crippen LogP contribution in [-0.4, -0.2) is 33.7 Å². The highest BCUT2D eigenvalue weighted by molar-refractivity contribution is 8.03. The maximum absolute atomic E-state index is 13.6. The van der Waals surface area contributed by atoms with Crippen molar-refractivity contribution in [3.8, 4) is 0 Å². The van der Waals surface area contributed by atoms with Gasteiger partial charge in [0.05, 0.1) is 10.9 Å². The monoisotopic (exact) mass is 361 g/mol. The summed E-state index contributed by atoms with van der Waals surface area (Å²) >= 11 is 7.45. The van der Waals surface area contributed by atoms with E-state index in [1.807, 2.05) is 0 Å². The highest BCUT2D eigenvalue weighted by Gasteiger charge is 2.32. The molecule has 1 heterocycles. The van der Waals surface area contributed by atoms with E-state index in [0.717, 1.165) is 12.1 Å². The number of rotatable bonds is 6. The third kappa shape index (κ3) is 4.45. The van der Waals surface area contributed by atoms with Crippen molar-refractivity contribution in [2.45, 2.75) is 29.5 Å². The Labute approximate surface area is 140 Å². The first kappa shape index (κ1) is 17.7. The highest BCUT2D eigenvalue weighted by Crippen LogP contribution is 2.32. The number of hydrogen-bond donors (Lipinski definition) is 2. The molecular formula is C15H14ClF2NO3S. The second kappa shape index (κ2) is 7.79. The predicted octanol–water partition coefficient (Wildman–Crippen LogP) is 3.80. The van der Waals surface area contributed by atoms with E-state index >= 15 is 0 Å². The lowest BCUT2D eigenvalue weighted by Crippen LogP contribution is -2.43. The molecule has 4 nitrogen and oxygen atoms in total. The van der Waals surface area contributed by atoms with Gasteiger partial charge in [0.25, 0.3) is 0 Å². The molecule has 0 fully saturated rings. The molecule has 1 amide bonds. The number of carbonyl (C=O) groups excluding carboxylic acids is 1. The molecule has 0 saturated heterocycles. The largest absolute Gasteiger partial charge is 0.465 e. The van der Waals surface area contributed by atoms with Crippen LogP contribution in [0.4, 0.5) is 13.6 Å². The molecule has 1 aromatic carbocycles. The zero-order chi connectivity index (χ0) is 17.0. The van der Waals surface area contributed by atoms with Crippen molar-refractivity contribution < 1.29 is 23.5 Å². The first-order valence-corrected chi connectivity index (χ1v) is 8.21. The van der Waals surface area contributed by atoms with Gasteiger partial charge < -0.3 is 10.4 Å². The summed E-state index contributed by atoms with van der Waals surface area (Å²) in [5.74, 6) is -2.56. The van der Waals surface area contributed by atoms with E-state index in [9.17, 15) is 18.4 Å². The second-order valence-electron chi connectivity index (χ2n) is 4.99. The number of halogens is 3. The van der Waals surface area contributed by atoms with Crippen LogP contribution in [0, 0.1) is 11.6 Å². The smallest absolute Gasteiger partial charge is 0.404 e. The van der Waals surface area contributed by atoms with E-state index < -0.39 is 35.1 Å². The molecule has 1 aliphatic heterocycles. The van der Waals surface area contributed by atoms with Gasteiger partial charge in [-0.15, -0.1) is 23.4 Å². The number of ketones is 1. The standard InChI is InChI=1S/C15H14ClF2NO3S/c16-8-6-7-23-14(8)11(19-15(21)22)4-5-12(20)13-9(17)2-1-3-10(13)18/h1-3,6-8,11,14,19H,4-5H2,(H,21,22). The van der Waals surface area contributed by atoms with Gasteiger partial charge in [-0.25, -0.2) is 13.6 Å². The van der Waals surface area contributed by atoms with E-state index in [1.165, 1.54) is 17.8 Å². The van der Waals surface area contributed by atoms with Crippen LogP contribution in [0.5, 0.6) is 0 Å². The van der Waals surface area contributed by atoms with Crippen LogP contribution >= 0.6 is 23.4 Å². The van der Waals surface area contributed by atoms with Gasteiger partial charge in [-0.3, -0.25) is 4.79 Å². The number of carbonyl (C=O) groups is 2. The van der Waals surface area contributed by atoms with Gasteiger partial charge in [0.15, 0.2) is 5.78 Å². The minimum Gasteiger partial charge on any atom is -0.465 e. The number of hydrogen-bond acceptors (Lipinski definition) is 3. The number of carboxylic acid groups (broad SMARTS) is 1. The van der Waals surface area contributed by atoms with Crippen molar-refractivity contribution in [3.63, 3.8) is 0 Å². The normalized spacial score (nSPS) is 21.2. The van der Waals surface area contributed by atoms with Crippen molar-refractivity contribution in [3.05, 3.63) is 46.9 Å². The second-order valence-corrected chi connectivity index (χ2v) is 6.58. The summed E-state index contributed by atoms with van der Waals surface area (Å²) in [7, 11) is 0. The lowest BCUT2D eigenvalue weighted by atomic mass is 9.99. The third-order valence-electron chi connectivity index (χ3n) is 3.44.